The molecule has 33 heavy (non-hydrogen) atoms. The average molecular weight is 478 g/mol. The van der Waals surface area contributed by atoms with Crippen molar-refractivity contribution in [2.45, 2.75) is 62.3 Å². The summed E-state index contributed by atoms with van der Waals surface area (Å²) < 4.78 is 26.6. The van der Waals surface area contributed by atoms with Gasteiger partial charge in [-0.3, -0.25) is 9.89 Å². The van der Waals surface area contributed by atoms with Gasteiger partial charge in [0, 0.05) is 23.7 Å². The molecule has 3 rings (SSSR count). The molecule has 180 valence electrons. The molecule has 0 bridgehead atoms. The van der Waals surface area contributed by atoms with Gasteiger partial charge in [-0.1, -0.05) is 18.2 Å². The lowest BCUT2D eigenvalue weighted by Crippen LogP contribution is -2.31. The van der Waals surface area contributed by atoms with Crippen LogP contribution in [-0.4, -0.2) is 48.8 Å². The number of sulfonamides is 1. The minimum absolute atomic E-state index is 0.0660. The van der Waals surface area contributed by atoms with Crippen molar-refractivity contribution in [3.05, 3.63) is 41.6 Å². The number of hydrogen-bond acceptors (Lipinski definition) is 5. The van der Waals surface area contributed by atoms with Crippen LogP contribution in [0.5, 0.6) is 0 Å². The fourth-order valence-electron chi connectivity index (χ4n) is 4.38. The van der Waals surface area contributed by atoms with Crippen LogP contribution < -0.4 is 15.4 Å². The molecule has 2 amide bonds. The highest BCUT2D eigenvalue weighted by atomic mass is 32.2. The van der Waals surface area contributed by atoms with Crippen LogP contribution >= 0.6 is 0 Å². The Hall–Kier alpha value is -2.92. The summed E-state index contributed by atoms with van der Waals surface area (Å²) in [6, 6.07) is 8.16. The minimum atomic E-state index is -3.66. The van der Waals surface area contributed by atoms with Gasteiger partial charge in [0.15, 0.2) is 5.82 Å². The predicted molar refractivity (Wildman–Crippen MR) is 124 cm³/mol. The minimum Gasteiger partial charge on any atom is -0.465 e. The molecular formula is C22H31N5O5S. The normalized spacial score (nSPS) is 19.2. The summed E-state index contributed by atoms with van der Waals surface area (Å²) in [4.78, 5) is 23.3. The molecule has 0 saturated heterocycles. The van der Waals surface area contributed by atoms with Gasteiger partial charge >= 0.3 is 6.09 Å². The van der Waals surface area contributed by atoms with Crippen LogP contribution in [0.3, 0.4) is 0 Å². The number of hydrogen-bond donors (Lipinski definition) is 5. The van der Waals surface area contributed by atoms with E-state index in [0.29, 0.717) is 23.2 Å². The van der Waals surface area contributed by atoms with Gasteiger partial charge in [-0.25, -0.2) is 17.9 Å². The lowest BCUT2D eigenvalue weighted by atomic mass is 9.96. The number of carboxylic acid groups (broad SMARTS) is 1. The molecule has 0 spiro atoms. The first kappa shape index (κ1) is 24.7. The number of aromatic amines is 1. The van der Waals surface area contributed by atoms with E-state index in [4.69, 9.17) is 5.11 Å². The SMILES string of the molecule is CNS(=O)(=O)c1ccccc1CC(=O)Nc1cc(C2CCC(CC[C@H](C)NC(=O)O)C2)[nH]n1. The zero-order valence-corrected chi connectivity index (χ0v) is 19.6. The van der Waals surface area contributed by atoms with Crippen molar-refractivity contribution in [3.63, 3.8) is 0 Å². The number of aromatic nitrogens is 2. The van der Waals surface area contributed by atoms with E-state index in [1.54, 1.807) is 18.2 Å². The van der Waals surface area contributed by atoms with Gasteiger partial charge in [0.25, 0.3) is 0 Å². The maximum atomic E-state index is 12.5. The quantitative estimate of drug-likeness (QED) is 0.355. The summed E-state index contributed by atoms with van der Waals surface area (Å²) in [5.41, 5.74) is 1.37. The Morgan fingerprint density at radius 1 is 1.27 bits per heavy atom. The lowest BCUT2D eigenvalue weighted by Gasteiger charge is -2.14. The van der Waals surface area contributed by atoms with Crippen LogP contribution in [0.1, 0.15) is 56.2 Å². The first-order valence-corrected chi connectivity index (χ1v) is 12.5. The number of anilines is 1. The number of carbonyl (C=O) groups excluding carboxylic acids is 1. The summed E-state index contributed by atoms with van der Waals surface area (Å²) in [6.45, 7) is 1.87. The number of rotatable bonds is 10. The van der Waals surface area contributed by atoms with Crippen LogP contribution in [0.4, 0.5) is 10.6 Å². The first-order chi connectivity index (χ1) is 15.7. The highest BCUT2D eigenvalue weighted by Crippen LogP contribution is 2.40. The van der Waals surface area contributed by atoms with Crippen LogP contribution in [0.2, 0.25) is 0 Å². The highest BCUT2D eigenvalue weighted by Gasteiger charge is 2.28. The van der Waals surface area contributed by atoms with Crippen molar-refractivity contribution in [3.8, 4) is 0 Å². The third kappa shape index (κ3) is 6.78. The molecule has 1 aromatic carbocycles. The molecule has 0 aliphatic heterocycles. The Morgan fingerprint density at radius 3 is 2.76 bits per heavy atom. The highest BCUT2D eigenvalue weighted by molar-refractivity contribution is 7.89. The van der Waals surface area contributed by atoms with Gasteiger partial charge in [0.1, 0.15) is 0 Å². The number of benzene rings is 1. The van der Waals surface area contributed by atoms with Crippen LogP contribution in [-0.2, 0) is 21.2 Å². The molecule has 1 aromatic heterocycles. The summed E-state index contributed by atoms with van der Waals surface area (Å²) in [5, 5.41) is 21.2. The summed E-state index contributed by atoms with van der Waals surface area (Å²) in [7, 11) is -2.33. The van der Waals surface area contributed by atoms with Crippen molar-refractivity contribution < 1.29 is 23.1 Å². The molecular weight excluding hydrogens is 446 g/mol. The van der Waals surface area contributed by atoms with E-state index >= 15 is 0 Å². The molecule has 0 radical (unpaired) electrons. The van der Waals surface area contributed by atoms with Crippen molar-refractivity contribution in [1.29, 1.82) is 0 Å². The smallest absolute Gasteiger partial charge is 0.404 e. The van der Waals surface area contributed by atoms with Gasteiger partial charge in [-0.05, 0) is 63.6 Å². The van der Waals surface area contributed by atoms with Crippen LogP contribution in [0.25, 0.3) is 0 Å². The molecule has 2 aromatic rings. The first-order valence-electron chi connectivity index (χ1n) is 11.0. The van der Waals surface area contributed by atoms with Crippen LogP contribution in [0, 0.1) is 5.92 Å². The second kappa shape index (κ2) is 10.8. The Labute approximate surface area is 193 Å². The van der Waals surface area contributed by atoms with Crippen molar-refractivity contribution >= 4 is 27.8 Å². The van der Waals surface area contributed by atoms with E-state index in [9.17, 15) is 18.0 Å². The summed E-state index contributed by atoms with van der Waals surface area (Å²) >= 11 is 0. The number of nitrogens with zero attached hydrogens (tertiary/aromatic N) is 1. The second-order valence-corrected chi connectivity index (χ2v) is 10.4. The number of amides is 2. The van der Waals surface area contributed by atoms with E-state index in [1.165, 1.54) is 13.1 Å². The van der Waals surface area contributed by atoms with E-state index in [1.807, 2.05) is 13.0 Å². The van der Waals surface area contributed by atoms with Crippen molar-refractivity contribution in [2.24, 2.45) is 5.92 Å². The van der Waals surface area contributed by atoms with E-state index in [2.05, 4.69) is 25.6 Å². The molecule has 1 aliphatic carbocycles. The molecule has 1 heterocycles. The standard InChI is InChI=1S/C22H31N5O5S/c1-14(24-22(29)30)7-8-15-9-10-16(11-15)18-13-20(27-26-18)25-21(28)12-17-5-3-4-6-19(17)33(31,32)23-2/h3-6,13-16,23-24H,7-12H2,1-2H3,(H,29,30)(H2,25,26,27,28)/t14-,15?,16?/m0/s1. The molecule has 3 atom stereocenters. The Balaban J connectivity index is 1.53. The monoisotopic (exact) mass is 477 g/mol. The van der Waals surface area contributed by atoms with Gasteiger partial charge in [-0.15, -0.1) is 0 Å². The number of nitrogens with one attached hydrogen (secondary N) is 4. The molecule has 1 fully saturated rings. The lowest BCUT2D eigenvalue weighted by molar-refractivity contribution is -0.115. The van der Waals surface area contributed by atoms with Crippen LogP contribution in [0.15, 0.2) is 35.2 Å². The zero-order chi connectivity index (χ0) is 24.0. The van der Waals surface area contributed by atoms with Crippen molar-refractivity contribution in [2.75, 3.05) is 12.4 Å². The Bertz CT molecular complexity index is 1080. The van der Waals surface area contributed by atoms with E-state index < -0.39 is 16.1 Å². The fourth-order valence-corrected chi connectivity index (χ4v) is 5.34. The summed E-state index contributed by atoms with van der Waals surface area (Å²) in [5.74, 6) is 0.903. The number of H-pyrrole nitrogens is 1. The maximum Gasteiger partial charge on any atom is 0.404 e. The Kier molecular flexibility index (Phi) is 8.09. The van der Waals surface area contributed by atoms with Gasteiger partial charge in [0.2, 0.25) is 15.9 Å². The number of carbonyl (C=O) groups is 2. The van der Waals surface area contributed by atoms with Gasteiger partial charge < -0.3 is 15.7 Å². The topological polar surface area (TPSA) is 153 Å². The average Bonchev–Trinajstić information content (AvgIpc) is 3.41. The maximum absolute atomic E-state index is 12.5. The van der Waals surface area contributed by atoms with E-state index in [0.717, 1.165) is 37.8 Å². The summed E-state index contributed by atoms with van der Waals surface area (Å²) in [6.07, 6.45) is 3.75. The molecule has 10 nitrogen and oxygen atoms in total. The predicted octanol–water partition coefficient (Wildman–Crippen LogP) is 2.82. The molecule has 1 aliphatic rings. The third-order valence-corrected chi connectivity index (χ3v) is 7.62. The largest absolute Gasteiger partial charge is 0.465 e. The molecule has 5 N–H and O–H groups in total. The van der Waals surface area contributed by atoms with E-state index in [-0.39, 0.29) is 23.3 Å². The van der Waals surface area contributed by atoms with Crippen molar-refractivity contribution in [1.82, 2.24) is 20.2 Å². The van der Waals surface area contributed by atoms with Gasteiger partial charge in [-0.2, -0.15) is 5.10 Å². The third-order valence-electron chi connectivity index (χ3n) is 6.11. The fraction of sp³-hybridized carbons (Fsp3) is 0.500. The zero-order valence-electron chi connectivity index (χ0n) is 18.8. The molecule has 2 unspecified atom stereocenters. The second-order valence-electron chi connectivity index (χ2n) is 8.55. The van der Waals surface area contributed by atoms with Gasteiger partial charge in [0.05, 0.1) is 11.3 Å². The Morgan fingerprint density at radius 2 is 2.03 bits per heavy atom. The molecule has 11 heteroatoms. The molecule has 1 saturated carbocycles.